The van der Waals surface area contributed by atoms with Crippen LogP contribution in [0.25, 0.3) is 0 Å². The average Bonchev–Trinajstić information content (AvgIpc) is 2.45. The number of halogens is 2. The van der Waals surface area contributed by atoms with Gasteiger partial charge in [0.05, 0.1) is 6.61 Å². The second-order valence-electron chi connectivity index (χ2n) is 5.44. The van der Waals surface area contributed by atoms with E-state index in [1.54, 1.807) is 0 Å². The van der Waals surface area contributed by atoms with Gasteiger partial charge in [-0.15, -0.1) is 0 Å². The van der Waals surface area contributed by atoms with E-state index in [1.165, 1.54) is 5.56 Å². The zero-order valence-corrected chi connectivity index (χ0v) is 14.0. The maximum absolute atomic E-state index is 5.98. The monoisotopic (exact) mass is 365 g/mol. The predicted molar refractivity (Wildman–Crippen MR) is 90.3 cm³/mol. The molecule has 2 aromatic rings. The molecule has 3 rings (SSSR count). The van der Waals surface area contributed by atoms with Gasteiger partial charge in [-0.25, -0.2) is 0 Å². The molecule has 1 fully saturated rings. The zero-order chi connectivity index (χ0) is 14.7. The van der Waals surface area contributed by atoms with Crippen LogP contribution < -0.4 is 10.1 Å². The van der Waals surface area contributed by atoms with Crippen LogP contribution in [0.2, 0.25) is 5.02 Å². The molecule has 21 heavy (non-hydrogen) atoms. The highest BCUT2D eigenvalue weighted by molar-refractivity contribution is 9.10. The maximum atomic E-state index is 5.98. The van der Waals surface area contributed by atoms with Crippen LogP contribution >= 0.6 is 27.5 Å². The van der Waals surface area contributed by atoms with Crippen molar-refractivity contribution in [1.82, 2.24) is 5.32 Å². The van der Waals surface area contributed by atoms with Crippen LogP contribution in [0.3, 0.4) is 0 Å². The van der Waals surface area contributed by atoms with E-state index in [2.05, 4.69) is 33.4 Å². The van der Waals surface area contributed by atoms with E-state index < -0.39 is 0 Å². The largest absolute Gasteiger partial charge is 0.494 e. The number of rotatable bonds is 5. The van der Waals surface area contributed by atoms with Crippen LogP contribution in [0.5, 0.6) is 5.75 Å². The fraction of sp³-hybridized carbons (Fsp3) is 0.294. The molecule has 0 spiro atoms. The third-order valence-corrected chi connectivity index (χ3v) is 4.83. The summed E-state index contributed by atoms with van der Waals surface area (Å²) in [6.07, 6.45) is 0.998. The van der Waals surface area contributed by atoms with E-state index >= 15 is 0 Å². The van der Waals surface area contributed by atoms with Crippen molar-refractivity contribution in [3.8, 4) is 5.75 Å². The molecule has 0 amide bonds. The summed E-state index contributed by atoms with van der Waals surface area (Å²) in [6.45, 7) is 2.71. The molecule has 0 radical (unpaired) electrons. The zero-order valence-electron chi connectivity index (χ0n) is 11.6. The molecule has 0 atom stereocenters. The summed E-state index contributed by atoms with van der Waals surface area (Å²) in [4.78, 5) is 0. The first-order valence-corrected chi connectivity index (χ1v) is 8.20. The number of hydrogen-bond donors (Lipinski definition) is 1. The summed E-state index contributed by atoms with van der Waals surface area (Å²) in [5.74, 6) is 0.914. The van der Waals surface area contributed by atoms with Gasteiger partial charge in [0.25, 0.3) is 0 Å². The third kappa shape index (κ3) is 3.42. The summed E-state index contributed by atoms with van der Waals surface area (Å²) in [5.41, 5.74) is 1.52. The van der Waals surface area contributed by atoms with Crippen molar-refractivity contribution in [2.45, 2.75) is 11.8 Å². The molecule has 0 saturated carbocycles. The minimum atomic E-state index is 0.181. The lowest BCUT2D eigenvalue weighted by Gasteiger charge is -2.43. The smallest absolute Gasteiger partial charge is 0.119 e. The minimum Gasteiger partial charge on any atom is -0.494 e. The van der Waals surface area contributed by atoms with Gasteiger partial charge in [0.2, 0.25) is 0 Å². The molecule has 1 N–H and O–H groups in total. The Morgan fingerprint density at radius 1 is 1.05 bits per heavy atom. The average molecular weight is 367 g/mol. The first-order chi connectivity index (χ1) is 10.2. The normalized spacial score (nSPS) is 16.3. The van der Waals surface area contributed by atoms with Crippen molar-refractivity contribution in [1.29, 1.82) is 0 Å². The lowest BCUT2D eigenvalue weighted by atomic mass is 9.73. The molecule has 0 bridgehead atoms. The Morgan fingerprint density at radius 2 is 1.71 bits per heavy atom. The number of ether oxygens (including phenoxy) is 1. The van der Waals surface area contributed by atoms with Crippen molar-refractivity contribution in [3.63, 3.8) is 0 Å². The van der Waals surface area contributed by atoms with E-state index in [4.69, 9.17) is 16.3 Å². The second-order valence-corrected chi connectivity index (χ2v) is 6.80. The van der Waals surface area contributed by atoms with E-state index in [-0.39, 0.29) is 5.41 Å². The molecule has 2 nitrogen and oxygen atoms in total. The van der Waals surface area contributed by atoms with Crippen molar-refractivity contribution in [2.75, 3.05) is 19.7 Å². The van der Waals surface area contributed by atoms with E-state index in [0.29, 0.717) is 6.61 Å². The highest BCUT2D eigenvalue weighted by Gasteiger charge is 2.38. The second kappa shape index (κ2) is 6.39. The Bertz CT molecular complexity index is 593. The summed E-state index contributed by atoms with van der Waals surface area (Å²) in [7, 11) is 0. The van der Waals surface area contributed by atoms with Crippen molar-refractivity contribution in [3.05, 3.63) is 63.6 Å². The van der Waals surface area contributed by atoms with Crippen molar-refractivity contribution >= 4 is 27.5 Å². The van der Waals surface area contributed by atoms with Gasteiger partial charge < -0.3 is 10.1 Å². The van der Waals surface area contributed by atoms with Gasteiger partial charge >= 0.3 is 0 Å². The fourth-order valence-electron chi connectivity index (χ4n) is 2.65. The molecule has 1 heterocycles. The number of nitrogens with one attached hydrogen (secondary N) is 1. The highest BCUT2D eigenvalue weighted by Crippen LogP contribution is 2.33. The minimum absolute atomic E-state index is 0.181. The van der Waals surface area contributed by atoms with Gasteiger partial charge in [-0.2, -0.15) is 0 Å². The van der Waals surface area contributed by atoms with Crippen LogP contribution in [0, 0.1) is 0 Å². The van der Waals surface area contributed by atoms with Gasteiger partial charge in [0.15, 0.2) is 0 Å². The van der Waals surface area contributed by atoms with Crippen molar-refractivity contribution in [2.24, 2.45) is 0 Å². The molecule has 1 aliphatic rings. The Kier molecular flexibility index (Phi) is 4.53. The number of benzene rings is 2. The Hall–Kier alpha value is -1.03. The van der Waals surface area contributed by atoms with E-state index in [0.717, 1.165) is 34.8 Å². The highest BCUT2D eigenvalue weighted by atomic mass is 79.9. The van der Waals surface area contributed by atoms with Gasteiger partial charge in [-0.3, -0.25) is 0 Å². The lowest BCUT2D eigenvalue weighted by molar-refractivity contribution is 0.199. The summed E-state index contributed by atoms with van der Waals surface area (Å²) < 4.78 is 6.93. The van der Waals surface area contributed by atoms with Crippen LogP contribution in [0.4, 0.5) is 0 Å². The molecular formula is C17H17BrClNO. The first-order valence-electron chi connectivity index (χ1n) is 7.03. The summed E-state index contributed by atoms with van der Waals surface area (Å²) in [6, 6.07) is 16.1. The Morgan fingerprint density at radius 3 is 2.29 bits per heavy atom. The lowest BCUT2D eigenvalue weighted by Crippen LogP contribution is -2.57. The van der Waals surface area contributed by atoms with Crippen LogP contribution in [0.15, 0.2) is 53.0 Å². The van der Waals surface area contributed by atoms with E-state index in [1.807, 2.05) is 36.4 Å². The van der Waals surface area contributed by atoms with Gasteiger partial charge in [-0.1, -0.05) is 39.7 Å². The predicted octanol–water partition coefficient (Wildman–Crippen LogP) is 4.41. The molecule has 0 aliphatic carbocycles. The SMILES string of the molecule is Clc1ccc(C2(CCOc3ccc(Br)cc3)CNC2)cc1. The van der Waals surface area contributed by atoms with Gasteiger partial charge in [0.1, 0.15) is 5.75 Å². The van der Waals surface area contributed by atoms with Crippen LogP contribution in [-0.4, -0.2) is 19.7 Å². The Balaban J connectivity index is 1.62. The van der Waals surface area contributed by atoms with Gasteiger partial charge in [-0.05, 0) is 48.4 Å². The first kappa shape index (κ1) is 14.9. The van der Waals surface area contributed by atoms with E-state index in [9.17, 15) is 0 Å². The van der Waals surface area contributed by atoms with Gasteiger partial charge in [0, 0.05) is 28.0 Å². The topological polar surface area (TPSA) is 21.3 Å². The molecular weight excluding hydrogens is 350 g/mol. The number of hydrogen-bond acceptors (Lipinski definition) is 2. The Labute approximate surface area is 138 Å². The summed E-state index contributed by atoms with van der Waals surface area (Å²) >= 11 is 9.40. The standard InChI is InChI=1S/C17H17BrClNO/c18-14-3-7-16(8-4-14)21-10-9-17(11-20-12-17)13-1-5-15(19)6-2-13/h1-8,20H,9-12H2. The van der Waals surface area contributed by atoms with Crippen LogP contribution in [0.1, 0.15) is 12.0 Å². The third-order valence-electron chi connectivity index (χ3n) is 4.05. The van der Waals surface area contributed by atoms with Crippen molar-refractivity contribution < 1.29 is 4.74 Å². The molecule has 1 saturated heterocycles. The summed E-state index contributed by atoms with van der Waals surface area (Å²) in [5, 5.41) is 4.16. The maximum Gasteiger partial charge on any atom is 0.119 e. The molecule has 1 aliphatic heterocycles. The molecule has 0 aromatic heterocycles. The molecule has 4 heteroatoms. The fourth-order valence-corrected chi connectivity index (χ4v) is 3.04. The molecule has 2 aromatic carbocycles. The molecule has 0 unspecified atom stereocenters. The molecule has 110 valence electrons. The quantitative estimate of drug-likeness (QED) is 0.846. The van der Waals surface area contributed by atoms with Crippen LogP contribution in [-0.2, 0) is 5.41 Å².